The number of ether oxygens (including phenoxy) is 4. The molecular formula is C50H70N2O8S. The van der Waals surface area contributed by atoms with Gasteiger partial charge >= 0.3 is 0 Å². The van der Waals surface area contributed by atoms with Gasteiger partial charge in [-0.1, -0.05) is 62.8 Å². The van der Waals surface area contributed by atoms with Gasteiger partial charge in [0.25, 0.3) is 0 Å². The molecule has 2 saturated carbocycles. The number of oxime groups is 1. The second-order valence-electron chi connectivity index (χ2n) is 17.7. The third kappa shape index (κ3) is 10.7. The van der Waals surface area contributed by atoms with Crippen LogP contribution in [0.3, 0.4) is 0 Å². The highest BCUT2D eigenvalue weighted by Crippen LogP contribution is 2.62. The van der Waals surface area contributed by atoms with E-state index in [9.17, 15) is 15.0 Å². The Morgan fingerprint density at radius 1 is 0.984 bits per heavy atom. The number of allylic oxidation sites excluding steroid dienone is 1. The van der Waals surface area contributed by atoms with Crippen molar-refractivity contribution in [2.24, 2.45) is 28.8 Å². The molecule has 334 valence electrons. The fourth-order valence-electron chi connectivity index (χ4n) is 10.9. The molecule has 0 radical (unpaired) electrons. The Morgan fingerprint density at radius 3 is 2.44 bits per heavy atom. The number of thioether (sulfide) groups is 1. The van der Waals surface area contributed by atoms with Gasteiger partial charge < -0.3 is 38.9 Å². The van der Waals surface area contributed by atoms with Crippen molar-refractivity contribution in [3.63, 3.8) is 0 Å². The first-order chi connectivity index (χ1) is 29.9. The highest BCUT2D eigenvalue weighted by molar-refractivity contribution is 7.98. The number of nitrogens with zero attached hydrogens (tertiary/aromatic N) is 2. The van der Waals surface area contributed by atoms with E-state index in [4.69, 9.17) is 28.9 Å². The number of hydrogen-bond acceptors (Lipinski definition) is 10. The predicted octanol–water partition coefficient (Wildman–Crippen LogP) is 10.6. The van der Waals surface area contributed by atoms with Crippen LogP contribution in [0.1, 0.15) is 128 Å². The van der Waals surface area contributed by atoms with Crippen molar-refractivity contribution >= 4 is 23.4 Å². The minimum absolute atomic E-state index is 0.121. The quantitative estimate of drug-likeness (QED) is 0.0516. The van der Waals surface area contributed by atoms with Gasteiger partial charge in [-0.15, -0.1) is 18.3 Å². The Morgan fingerprint density at radius 2 is 1.74 bits per heavy atom. The number of aliphatic hydroxyl groups excluding tert-OH is 2. The van der Waals surface area contributed by atoms with Crippen LogP contribution in [0.15, 0.2) is 76.8 Å². The lowest BCUT2D eigenvalue weighted by atomic mass is 9.55. The van der Waals surface area contributed by atoms with Crippen LogP contribution >= 0.6 is 11.8 Å². The minimum atomic E-state index is -1.27. The molecule has 1 amide bonds. The topological polar surface area (TPSA) is 119 Å². The monoisotopic (exact) mass is 858 g/mol. The first-order valence-corrected chi connectivity index (χ1v) is 24.6. The molecule has 2 heterocycles. The van der Waals surface area contributed by atoms with Crippen LogP contribution in [0.5, 0.6) is 17.2 Å². The zero-order valence-corrected chi connectivity index (χ0v) is 37.5. The molecule has 5 aliphatic rings. The molecule has 2 aromatic carbocycles. The van der Waals surface area contributed by atoms with Crippen molar-refractivity contribution in [1.29, 1.82) is 0 Å². The highest BCUT2D eigenvalue weighted by atomic mass is 32.2. The summed E-state index contributed by atoms with van der Waals surface area (Å²) in [7, 11) is 0. The molecule has 3 aliphatic carbocycles. The van der Waals surface area contributed by atoms with Gasteiger partial charge in [-0.25, -0.2) is 0 Å². The average molecular weight is 859 g/mol. The van der Waals surface area contributed by atoms with Crippen LogP contribution < -0.4 is 9.47 Å². The van der Waals surface area contributed by atoms with Gasteiger partial charge in [0.2, 0.25) is 18.0 Å². The lowest BCUT2D eigenvalue weighted by molar-refractivity contribution is -0.257. The summed E-state index contributed by atoms with van der Waals surface area (Å²) in [6, 6.07) is 13.8. The van der Waals surface area contributed by atoms with Gasteiger partial charge in [0.15, 0.2) is 0 Å². The van der Waals surface area contributed by atoms with Crippen molar-refractivity contribution < 1.29 is 38.8 Å². The number of rotatable bonds is 22. The van der Waals surface area contributed by atoms with E-state index in [0.29, 0.717) is 38.3 Å². The van der Waals surface area contributed by atoms with E-state index in [1.165, 1.54) is 30.6 Å². The molecular weight excluding hydrogens is 789 g/mol. The molecule has 0 spiro atoms. The van der Waals surface area contributed by atoms with Crippen molar-refractivity contribution in [2.45, 2.75) is 145 Å². The first kappa shape index (κ1) is 45.7. The van der Waals surface area contributed by atoms with Gasteiger partial charge in [0, 0.05) is 55.4 Å². The van der Waals surface area contributed by atoms with E-state index in [1.54, 1.807) is 17.8 Å². The Bertz CT molecular complexity index is 1790. The minimum Gasteiger partial charge on any atom is -0.459 e. The van der Waals surface area contributed by atoms with Crippen molar-refractivity contribution in [3.05, 3.63) is 72.3 Å². The Labute approximate surface area is 368 Å². The average Bonchev–Trinajstić information content (AvgIpc) is 3.82. The third-order valence-electron chi connectivity index (χ3n) is 13.8. The number of carbonyl (C=O) groups excluding carboxylic acids is 1. The molecule has 0 bridgehead atoms. The summed E-state index contributed by atoms with van der Waals surface area (Å²) in [5.41, 5.74) is 2.89. The zero-order chi connectivity index (χ0) is 42.6. The summed E-state index contributed by atoms with van der Waals surface area (Å²) in [6.45, 7) is 7.94. The van der Waals surface area contributed by atoms with E-state index in [-0.39, 0.29) is 49.4 Å². The predicted molar refractivity (Wildman–Crippen MR) is 241 cm³/mol. The highest BCUT2D eigenvalue weighted by Gasteiger charge is 2.65. The smallest absolute Gasteiger partial charge is 0.239 e. The molecule has 61 heavy (non-hydrogen) atoms. The van der Waals surface area contributed by atoms with Crippen LogP contribution in [-0.2, 0) is 19.1 Å². The maximum Gasteiger partial charge on any atom is 0.239 e. The van der Waals surface area contributed by atoms with E-state index in [0.717, 1.165) is 98.3 Å². The number of hydrogen-bond donors (Lipinski definition) is 2. The van der Waals surface area contributed by atoms with Crippen LogP contribution in [0, 0.1) is 23.7 Å². The van der Waals surface area contributed by atoms with Crippen molar-refractivity contribution in [1.82, 2.24) is 4.90 Å². The number of carbonyl (C=O) groups is 1. The summed E-state index contributed by atoms with van der Waals surface area (Å²) in [5.74, 6) is 1.43. The largest absolute Gasteiger partial charge is 0.459 e. The molecule has 1 unspecified atom stereocenters. The van der Waals surface area contributed by atoms with Gasteiger partial charge in [-0.2, -0.15) is 0 Å². The molecule has 11 heteroatoms. The van der Waals surface area contributed by atoms with Gasteiger partial charge in [0.1, 0.15) is 23.3 Å². The van der Waals surface area contributed by atoms with Crippen LogP contribution in [0.25, 0.3) is 0 Å². The van der Waals surface area contributed by atoms with Gasteiger partial charge in [-0.05, 0) is 123 Å². The second kappa shape index (κ2) is 22.3. The van der Waals surface area contributed by atoms with Crippen LogP contribution in [-0.4, -0.2) is 84.1 Å². The molecule has 3 fully saturated rings. The number of amides is 1. The SMILES string of the molecule is C=CCO[C@@]12Oc3ccc(Oc4ccc(SC)cc4)cc3[C@H]3[C@H](CCCCO)[C@@H](CCCCO)C=C(C(=NOC4CCCCO4)C[C@@H]1N(CCC)C(=O)CCC1CCCC1)[C@H]32. The molecule has 10 nitrogen and oxygen atoms in total. The molecule has 2 N–H and O–H groups in total. The van der Waals surface area contributed by atoms with Crippen molar-refractivity contribution in [3.8, 4) is 17.2 Å². The molecule has 1 saturated heterocycles. The molecule has 2 aliphatic heterocycles. The standard InChI is InChI=1S/C50H70N2O8S/c1-4-27-52(46(55)26-19-35-14-6-7-15-35)45-34-43(51-60-47-18-10-13-31-56-47)41-32-36(16-8-11-28-53)40(17-9-12-29-54)48-42-33-38(58-37-20-23-39(61-3)24-21-37)22-25-44(42)59-50(45,49(41)48)57-30-5-2/h5,20-25,32-33,35-36,40,45,47-49,53-54H,2,4,6-19,26-31,34H2,1,3H3/t36-,40+,45-,47?,48+,49+,50+/m0/s1. The molecule has 7 rings (SSSR count). The molecule has 0 aromatic heterocycles. The summed E-state index contributed by atoms with van der Waals surface area (Å²) >= 11 is 1.69. The summed E-state index contributed by atoms with van der Waals surface area (Å²) in [6.07, 6.45) is 20.9. The van der Waals surface area contributed by atoms with E-state index < -0.39 is 18.1 Å². The van der Waals surface area contributed by atoms with Crippen LogP contribution in [0.2, 0.25) is 0 Å². The third-order valence-corrected chi connectivity index (χ3v) is 14.5. The van der Waals surface area contributed by atoms with E-state index >= 15 is 0 Å². The van der Waals surface area contributed by atoms with Gasteiger partial charge in [0.05, 0.1) is 24.8 Å². The summed E-state index contributed by atoms with van der Waals surface area (Å²) in [5, 5.41) is 25.0. The van der Waals surface area contributed by atoms with E-state index in [1.807, 2.05) is 24.3 Å². The van der Waals surface area contributed by atoms with Crippen LogP contribution in [0.4, 0.5) is 0 Å². The van der Waals surface area contributed by atoms with Gasteiger partial charge in [-0.3, -0.25) is 4.79 Å². The number of benzene rings is 2. The zero-order valence-electron chi connectivity index (χ0n) is 36.6. The Balaban J connectivity index is 1.40. The van der Waals surface area contributed by atoms with E-state index in [2.05, 4.69) is 48.9 Å². The number of unbranched alkanes of at least 4 members (excludes halogenated alkanes) is 2. The summed E-state index contributed by atoms with van der Waals surface area (Å²) in [4.78, 5) is 24.4. The molecule has 7 atom stereocenters. The lowest BCUT2D eigenvalue weighted by Crippen LogP contribution is -2.70. The lowest BCUT2D eigenvalue weighted by Gasteiger charge is -2.60. The summed E-state index contributed by atoms with van der Waals surface area (Å²) < 4.78 is 27.2. The Kier molecular flexibility index (Phi) is 16.7. The second-order valence-corrected chi connectivity index (χ2v) is 18.6. The Hall–Kier alpha value is -3.35. The maximum absolute atomic E-state index is 14.8. The molecule has 2 aromatic rings. The number of aliphatic hydroxyl groups is 2. The number of fused-ring (bicyclic) bond motifs is 2. The normalized spacial score (nSPS) is 27.7. The fraction of sp³-hybridized carbons (Fsp3) is 0.640. The first-order valence-electron chi connectivity index (χ1n) is 23.4. The van der Waals surface area contributed by atoms with Crippen molar-refractivity contribution in [2.75, 3.05) is 39.2 Å². The maximum atomic E-state index is 14.8. The fourth-order valence-corrected chi connectivity index (χ4v) is 11.3.